The van der Waals surface area contributed by atoms with Crippen LogP contribution in [0.3, 0.4) is 0 Å². The van der Waals surface area contributed by atoms with E-state index in [-0.39, 0.29) is 11.9 Å². The Balaban J connectivity index is 2.81. The molecule has 3 N–H and O–H groups in total. The maximum Gasteiger partial charge on any atom is 0.342 e. The van der Waals surface area contributed by atoms with Crippen LogP contribution in [-0.2, 0) is 4.79 Å². The fraction of sp³-hybridized carbons (Fsp3) is 0.333. The third kappa shape index (κ3) is 2.91. The van der Waals surface area contributed by atoms with E-state index in [4.69, 9.17) is 5.11 Å². The topological polar surface area (TPSA) is 112 Å². The molecule has 0 aromatic carbocycles. The van der Waals surface area contributed by atoms with Crippen LogP contribution >= 0.6 is 0 Å². The molecule has 0 aliphatic carbocycles. The van der Waals surface area contributed by atoms with Crippen LogP contribution in [0.15, 0.2) is 6.20 Å². The Morgan fingerprint density at radius 2 is 2.19 bits per heavy atom. The number of hydrogen-bond donors (Lipinski definition) is 3. The van der Waals surface area contributed by atoms with Crippen molar-refractivity contribution in [3.63, 3.8) is 0 Å². The molecule has 0 bridgehead atoms. The van der Waals surface area contributed by atoms with Crippen LogP contribution in [-0.4, -0.2) is 32.1 Å². The van der Waals surface area contributed by atoms with Gasteiger partial charge in [0.15, 0.2) is 0 Å². The van der Waals surface area contributed by atoms with Crippen LogP contribution in [0.4, 0.5) is 5.95 Å². The minimum Gasteiger partial charge on any atom is -0.493 e. The Kier molecular flexibility index (Phi) is 3.76. The smallest absolute Gasteiger partial charge is 0.342 e. The van der Waals surface area contributed by atoms with Crippen molar-refractivity contribution in [2.45, 2.75) is 19.8 Å². The summed E-state index contributed by atoms with van der Waals surface area (Å²) in [5.74, 6) is -2.40. The van der Waals surface area contributed by atoms with E-state index in [9.17, 15) is 14.7 Å². The maximum absolute atomic E-state index is 11.2. The molecule has 0 saturated carbocycles. The van der Waals surface area contributed by atoms with Crippen molar-refractivity contribution in [2.24, 2.45) is 0 Å². The number of rotatable bonds is 4. The zero-order valence-electron chi connectivity index (χ0n) is 8.60. The molecule has 0 spiro atoms. The number of carbonyl (C=O) groups excluding carboxylic acids is 1. The number of anilines is 1. The molecule has 1 amide bonds. The lowest BCUT2D eigenvalue weighted by Crippen LogP contribution is -2.13. The first-order valence-corrected chi connectivity index (χ1v) is 4.63. The van der Waals surface area contributed by atoms with Gasteiger partial charge in [-0.2, -0.15) is 4.98 Å². The summed E-state index contributed by atoms with van der Waals surface area (Å²) in [6.45, 7) is 1.84. The molecule has 0 unspecified atom stereocenters. The van der Waals surface area contributed by atoms with Gasteiger partial charge in [0.05, 0.1) is 6.20 Å². The Morgan fingerprint density at radius 3 is 2.69 bits per heavy atom. The number of carbonyl (C=O) groups is 2. The number of nitrogens with one attached hydrogen (secondary N) is 1. The van der Waals surface area contributed by atoms with Gasteiger partial charge in [0.1, 0.15) is 5.56 Å². The van der Waals surface area contributed by atoms with Crippen molar-refractivity contribution in [2.75, 3.05) is 5.32 Å². The monoisotopic (exact) mass is 225 g/mol. The molecule has 0 aliphatic heterocycles. The number of nitrogens with zero attached hydrogens (tertiary/aromatic N) is 2. The first-order chi connectivity index (χ1) is 7.54. The molecule has 1 rings (SSSR count). The standard InChI is InChI=1S/C9H11N3O4/c1-2-3-6(13)11-9-10-4-5(8(15)16)7(14)12-9/h4H,2-3H2,1H3,(H,15,16)(H2,10,11,12,13,14). The van der Waals surface area contributed by atoms with E-state index >= 15 is 0 Å². The molecule has 0 radical (unpaired) electrons. The van der Waals surface area contributed by atoms with E-state index in [1.165, 1.54) is 0 Å². The number of carboxylic acids is 1. The lowest BCUT2D eigenvalue weighted by atomic mass is 10.3. The summed E-state index contributed by atoms with van der Waals surface area (Å²) in [7, 11) is 0. The Bertz CT molecular complexity index is 419. The fourth-order valence-corrected chi connectivity index (χ4v) is 0.998. The number of amides is 1. The van der Waals surface area contributed by atoms with Gasteiger partial charge in [-0.3, -0.25) is 10.1 Å². The minimum atomic E-state index is -1.33. The molecule has 1 heterocycles. The molecule has 0 saturated heterocycles. The SMILES string of the molecule is CCCC(=O)Nc1ncc(C(=O)O)c(O)n1. The Labute approximate surface area is 91.2 Å². The van der Waals surface area contributed by atoms with Crippen LogP contribution in [0.1, 0.15) is 30.1 Å². The quantitative estimate of drug-likeness (QED) is 0.692. The number of hydrogen-bond acceptors (Lipinski definition) is 5. The number of aromatic carboxylic acids is 1. The molecular formula is C9H11N3O4. The van der Waals surface area contributed by atoms with Crippen molar-refractivity contribution in [1.29, 1.82) is 0 Å². The van der Waals surface area contributed by atoms with Gasteiger partial charge in [-0.15, -0.1) is 0 Å². The van der Waals surface area contributed by atoms with Gasteiger partial charge in [0, 0.05) is 6.42 Å². The van der Waals surface area contributed by atoms with Crippen molar-refractivity contribution >= 4 is 17.8 Å². The molecule has 7 heteroatoms. The molecule has 16 heavy (non-hydrogen) atoms. The first-order valence-electron chi connectivity index (χ1n) is 4.63. The highest BCUT2D eigenvalue weighted by Gasteiger charge is 2.13. The lowest BCUT2D eigenvalue weighted by molar-refractivity contribution is -0.116. The Hall–Kier alpha value is -2.18. The number of aromatic hydroxyl groups is 1. The summed E-state index contributed by atoms with van der Waals surface area (Å²) in [6, 6.07) is 0. The summed E-state index contributed by atoms with van der Waals surface area (Å²) in [4.78, 5) is 28.7. The van der Waals surface area contributed by atoms with Gasteiger partial charge >= 0.3 is 5.97 Å². The van der Waals surface area contributed by atoms with Crippen molar-refractivity contribution in [3.8, 4) is 5.88 Å². The molecule has 1 aromatic rings. The zero-order chi connectivity index (χ0) is 12.1. The van der Waals surface area contributed by atoms with E-state index in [1.807, 2.05) is 6.92 Å². The molecule has 0 fully saturated rings. The van der Waals surface area contributed by atoms with Crippen LogP contribution in [0.2, 0.25) is 0 Å². The molecule has 7 nitrogen and oxygen atoms in total. The molecule has 86 valence electrons. The highest BCUT2D eigenvalue weighted by molar-refractivity contribution is 5.91. The van der Waals surface area contributed by atoms with Gasteiger partial charge in [-0.1, -0.05) is 6.92 Å². The lowest BCUT2D eigenvalue weighted by Gasteiger charge is -2.03. The predicted octanol–water partition coefficient (Wildman–Crippen LogP) is 0.619. The van der Waals surface area contributed by atoms with Gasteiger partial charge in [0.25, 0.3) is 0 Å². The maximum atomic E-state index is 11.2. The fourth-order valence-electron chi connectivity index (χ4n) is 0.998. The summed E-state index contributed by atoms with van der Waals surface area (Å²) in [5.41, 5.74) is -0.409. The van der Waals surface area contributed by atoms with Crippen LogP contribution in [0.5, 0.6) is 5.88 Å². The van der Waals surface area contributed by atoms with E-state index in [0.717, 1.165) is 6.20 Å². The van der Waals surface area contributed by atoms with E-state index in [1.54, 1.807) is 0 Å². The first kappa shape index (κ1) is 11.9. The van der Waals surface area contributed by atoms with Gasteiger partial charge < -0.3 is 10.2 Å². The summed E-state index contributed by atoms with van der Waals surface area (Å²) < 4.78 is 0. The average molecular weight is 225 g/mol. The van der Waals surface area contributed by atoms with Crippen molar-refractivity contribution in [1.82, 2.24) is 9.97 Å². The third-order valence-corrected chi connectivity index (χ3v) is 1.73. The van der Waals surface area contributed by atoms with Crippen LogP contribution in [0.25, 0.3) is 0 Å². The second kappa shape index (κ2) is 5.06. The number of aromatic nitrogens is 2. The Morgan fingerprint density at radius 1 is 1.50 bits per heavy atom. The summed E-state index contributed by atoms with van der Waals surface area (Å²) >= 11 is 0. The minimum absolute atomic E-state index is 0.110. The normalized spacial score (nSPS) is 9.81. The number of carboxylic acid groups (broad SMARTS) is 1. The molecule has 0 atom stereocenters. The predicted molar refractivity (Wildman–Crippen MR) is 54.2 cm³/mol. The van der Waals surface area contributed by atoms with Crippen LogP contribution < -0.4 is 5.32 Å². The van der Waals surface area contributed by atoms with Crippen molar-refractivity contribution in [3.05, 3.63) is 11.8 Å². The van der Waals surface area contributed by atoms with Crippen LogP contribution in [0, 0.1) is 0 Å². The van der Waals surface area contributed by atoms with E-state index in [2.05, 4.69) is 15.3 Å². The molecule has 1 aromatic heterocycles. The molecular weight excluding hydrogens is 214 g/mol. The summed E-state index contributed by atoms with van der Waals surface area (Å²) in [6.07, 6.45) is 1.92. The largest absolute Gasteiger partial charge is 0.493 e. The van der Waals surface area contributed by atoms with Gasteiger partial charge in [0.2, 0.25) is 17.7 Å². The van der Waals surface area contributed by atoms with E-state index in [0.29, 0.717) is 12.8 Å². The molecule has 0 aliphatic rings. The zero-order valence-corrected chi connectivity index (χ0v) is 8.60. The average Bonchev–Trinajstić information content (AvgIpc) is 2.17. The highest BCUT2D eigenvalue weighted by atomic mass is 16.4. The van der Waals surface area contributed by atoms with E-state index < -0.39 is 17.4 Å². The highest BCUT2D eigenvalue weighted by Crippen LogP contribution is 2.14. The van der Waals surface area contributed by atoms with Gasteiger partial charge in [-0.25, -0.2) is 9.78 Å². The van der Waals surface area contributed by atoms with Crippen molar-refractivity contribution < 1.29 is 19.8 Å². The second-order valence-electron chi connectivity index (χ2n) is 3.03. The third-order valence-electron chi connectivity index (χ3n) is 1.73. The van der Waals surface area contributed by atoms with Gasteiger partial charge in [-0.05, 0) is 6.42 Å². The summed E-state index contributed by atoms with van der Waals surface area (Å²) in [5, 5.41) is 20.2. The second-order valence-corrected chi connectivity index (χ2v) is 3.03.